The molecule has 0 aromatic carbocycles. The van der Waals surface area contributed by atoms with E-state index >= 15 is 0 Å². The van der Waals surface area contributed by atoms with Gasteiger partial charge in [0.1, 0.15) is 0 Å². The average Bonchev–Trinajstić information content (AvgIpc) is 2.30. The van der Waals surface area contributed by atoms with Gasteiger partial charge in [0.05, 0.1) is 0 Å². The van der Waals surface area contributed by atoms with Crippen LogP contribution in [0.15, 0.2) is 24.5 Å². The number of nitrogens with two attached hydrogens (primary N) is 1. The number of aromatic nitrogens is 1. The summed E-state index contributed by atoms with van der Waals surface area (Å²) in [7, 11) is 0. The third kappa shape index (κ3) is 4.14. The third-order valence-corrected chi connectivity index (χ3v) is 4.34. The Labute approximate surface area is 103 Å². The van der Waals surface area contributed by atoms with Crippen LogP contribution in [0.25, 0.3) is 0 Å². The molecule has 0 spiro atoms. The third-order valence-electron chi connectivity index (χ3n) is 2.50. The minimum atomic E-state index is 0.228. The maximum Gasteiger partial charge on any atom is 0.0449 e. The van der Waals surface area contributed by atoms with Crippen LogP contribution in [0.3, 0.4) is 0 Å². The molecule has 2 atom stereocenters. The van der Waals surface area contributed by atoms with E-state index < -0.39 is 0 Å². The Morgan fingerprint density at radius 1 is 1.31 bits per heavy atom. The van der Waals surface area contributed by atoms with Gasteiger partial charge in [-0.3, -0.25) is 4.98 Å². The van der Waals surface area contributed by atoms with Crippen molar-refractivity contribution in [3.05, 3.63) is 30.1 Å². The highest BCUT2D eigenvalue weighted by Gasteiger charge is 2.19. The second-order valence-corrected chi connectivity index (χ2v) is 5.67. The molecule has 0 saturated heterocycles. The molecule has 0 fully saturated rings. The van der Waals surface area contributed by atoms with Crippen LogP contribution < -0.4 is 5.73 Å². The zero-order valence-corrected chi connectivity index (χ0v) is 11.2. The molecule has 1 heterocycles. The van der Waals surface area contributed by atoms with Gasteiger partial charge in [-0.2, -0.15) is 11.8 Å². The van der Waals surface area contributed by atoms with Gasteiger partial charge in [-0.15, -0.1) is 0 Å². The molecule has 0 radical (unpaired) electrons. The number of hydrogen-bond donors (Lipinski definition) is 1. The summed E-state index contributed by atoms with van der Waals surface area (Å²) in [6, 6.07) is 4.38. The minimum Gasteiger partial charge on any atom is -0.326 e. The second-order valence-electron chi connectivity index (χ2n) is 4.50. The quantitative estimate of drug-likeness (QED) is 0.827. The first kappa shape index (κ1) is 13.5. The zero-order valence-electron chi connectivity index (χ0n) is 10.4. The van der Waals surface area contributed by atoms with Crippen molar-refractivity contribution in [3.63, 3.8) is 0 Å². The van der Waals surface area contributed by atoms with Crippen LogP contribution in [-0.4, -0.2) is 16.8 Å². The Bertz CT molecular complexity index is 287. The van der Waals surface area contributed by atoms with E-state index in [4.69, 9.17) is 5.73 Å². The number of rotatable bonds is 6. The molecule has 1 aromatic heterocycles. The lowest BCUT2D eigenvalue weighted by Crippen LogP contribution is -2.26. The number of hydrogen-bond acceptors (Lipinski definition) is 3. The fraction of sp³-hybridized carbons (Fsp3) is 0.615. The molecule has 16 heavy (non-hydrogen) atoms. The van der Waals surface area contributed by atoms with E-state index in [1.54, 1.807) is 0 Å². The summed E-state index contributed by atoms with van der Waals surface area (Å²) in [4.78, 5) is 4.06. The van der Waals surface area contributed by atoms with Crippen LogP contribution in [0.1, 0.15) is 38.0 Å². The summed E-state index contributed by atoms with van der Waals surface area (Å²) in [6.07, 6.45) is 4.71. The van der Waals surface area contributed by atoms with Gasteiger partial charge in [-0.05, 0) is 35.8 Å². The minimum absolute atomic E-state index is 0.228. The first-order valence-electron chi connectivity index (χ1n) is 5.92. The molecule has 2 unspecified atom stereocenters. The molecular weight excluding hydrogens is 216 g/mol. The van der Waals surface area contributed by atoms with E-state index in [0.717, 1.165) is 12.2 Å². The number of thioether (sulfide) groups is 1. The highest BCUT2D eigenvalue weighted by molar-refractivity contribution is 7.99. The predicted octanol–water partition coefficient (Wildman–Crippen LogP) is 3.25. The lowest BCUT2D eigenvalue weighted by molar-refractivity contribution is 0.630. The Morgan fingerprint density at radius 2 is 1.94 bits per heavy atom. The van der Waals surface area contributed by atoms with Crippen molar-refractivity contribution in [1.29, 1.82) is 0 Å². The molecule has 0 aliphatic carbocycles. The molecule has 90 valence electrons. The summed E-state index contributed by atoms with van der Waals surface area (Å²) in [5, 5.41) is 0.399. The first-order chi connectivity index (χ1) is 7.65. The molecule has 3 heteroatoms. The normalized spacial score (nSPS) is 15.1. The van der Waals surface area contributed by atoms with Crippen molar-refractivity contribution >= 4 is 11.8 Å². The van der Waals surface area contributed by atoms with Crippen molar-refractivity contribution in [2.45, 2.75) is 38.5 Å². The fourth-order valence-corrected chi connectivity index (χ4v) is 2.91. The largest absolute Gasteiger partial charge is 0.326 e. The molecule has 0 amide bonds. The lowest BCUT2D eigenvalue weighted by Gasteiger charge is -2.23. The highest BCUT2D eigenvalue weighted by atomic mass is 32.2. The van der Waals surface area contributed by atoms with Crippen LogP contribution in [0.4, 0.5) is 0 Å². The Balaban J connectivity index is 2.71. The van der Waals surface area contributed by atoms with E-state index in [0.29, 0.717) is 11.2 Å². The van der Waals surface area contributed by atoms with Crippen LogP contribution in [0.5, 0.6) is 0 Å². The van der Waals surface area contributed by atoms with Crippen LogP contribution in [0, 0.1) is 5.92 Å². The van der Waals surface area contributed by atoms with E-state index in [1.165, 1.54) is 5.56 Å². The monoisotopic (exact) mass is 238 g/mol. The summed E-state index contributed by atoms with van der Waals surface area (Å²) in [6.45, 7) is 6.64. The Kier molecular flexibility index (Phi) is 5.85. The van der Waals surface area contributed by atoms with Gasteiger partial charge < -0.3 is 5.73 Å². The van der Waals surface area contributed by atoms with Gasteiger partial charge >= 0.3 is 0 Å². The van der Waals surface area contributed by atoms with Gasteiger partial charge in [0, 0.05) is 23.7 Å². The fourth-order valence-electron chi connectivity index (χ4n) is 1.53. The molecule has 0 bridgehead atoms. The SMILES string of the molecule is CCC(N)C(SCC(C)C)c1ccncc1. The Morgan fingerprint density at radius 3 is 2.44 bits per heavy atom. The van der Waals surface area contributed by atoms with Crippen LogP contribution >= 0.6 is 11.8 Å². The summed E-state index contributed by atoms with van der Waals surface area (Å²) < 4.78 is 0. The standard InChI is InChI=1S/C13H22N2S/c1-4-12(14)13(16-9-10(2)3)11-5-7-15-8-6-11/h5-8,10,12-13H,4,9,14H2,1-3H3. The lowest BCUT2D eigenvalue weighted by atomic mass is 10.1. The van der Waals surface area contributed by atoms with E-state index in [-0.39, 0.29) is 6.04 Å². The number of pyridine rings is 1. The molecule has 0 aliphatic heterocycles. The molecule has 1 rings (SSSR count). The van der Waals surface area contributed by atoms with Gasteiger partial charge in [0.25, 0.3) is 0 Å². The van der Waals surface area contributed by atoms with E-state index in [1.807, 2.05) is 24.2 Å². The van der Waals surface area contributed by atoms with Crippen molar-refractivity contribution < 1.29 is 0 Å². The second kappa shape index (κ2) is 6.92. The van der Waals surface area contributed by atoms with Crippen molar-refractivity contribution in [2.24, 2.45) is 11.7 Å². The average molecular weight is 238 g/mol. The predicted molar refractivity (Wildman–Crippen MR) is 72.5 cm³/mol. The molecular formula is C13H22N2S. The molecule has 0 aliphatic rings. The highest BCUT2D eigenvalue weighted by Crippen LogP contribution is 2.33. The van der Waals surface area contributed by atoms with E-state index in [2.05, 4.69) is 37.9 Å². The van der Waals surface area contributed by atoms with E-state index in [9.17, 15) is 0 Å². The summed E-state index contributed by atoms with van der Waals surface area (Å²) in [5.41, 5.74) is 7.50. The van der Waals surface area contributed by atoms with Gasteiger partial charge in [-0.1, -0.05) is 20.8 Å². The summed E-state index contributed by atoms with van der Waals surface area (Å²) in [5.74, 6) is 1.86. The molecule has 2 nitrogen and oxygen atoms in total. The topological polar surface area (TPSA) is 38.9 Å². The van der Waals surface area contributed by atoms with Gasteiger partial charge in [0.2, 0.25) is 0 Å². The summed E-state index contributed by atoms with van der Waals surface area (Å²) >= 11 is 1.96. The zero-order chi connectivity index (χ0) is 12.0. The molecule has 0 saturated carbocycles. The van der Waals surface area contributed by atoms with Crippen molar-refractivity contribution in [1.82, 2.24) is 4.98 Å². The van der Waals surface area contributed by atoms with Gasteiger partial charge in [0.15, 0.2) is 0 Å². The van der Waals surface area contributed by atoms with Crippen LogP contribution in [-0.2, 0) is 0 Å². The van der Waals surface area contributed by atoms with Crippen molar-refractivity contribution in [3.8, 4) is 0 Å². The maximum absolute atomic E-state index is 6.19. The molecule has 2 N–H and O–H groups in total. The Hall–Kier alpha value is -0.540. The number of nitrogens with zero attached hydrogens (tertiary/aromatic N) is 1. The smallest absolute Gasteiger partial charge is 0.0449 e. The first-order valence-corrected chi connectivity index (χ1v) is 6.97. The van der Waals surface area contributed by atoms with Crippen LogP contribution in [0.2, 0.25) is 0 Å². The van der Waals surface area contributed by atoms with Gasteiger partial charge in [-0.25, -0.2) is 0 Å². The maximum atomic E-state index is 6.19. The van der Waals surface area contributed by atoms with Crippen molar-refractivity contribution in [2.75, 3.05) is 5.75 Å². The molecule has 1 aromatic rings.